The lowest BCUT2D eigenvalue weighted by Gasteiger charge is -2.16. The van der Waals surface area contributed by atoms with Crippen molar-refractivity contribution in [2.45, 2.75) is 11.3 Å². The van der Waals surface area contributed by atoms with Gasteiger partial charge in [-0.25, -0.2) is 23.1 Å². The SMILES string of the molecule is O=C(Nc1ccc(S(=O)(=O)Nc2ncccn2)cc1)[C@@H]1CC(=O)N(c2ccccc2)C1. The number of amides is 2. The van der Waals surface area contributed by atoms with Gasteiger partial charge in [-0.3, -0.25) is 9.59 Å². The van der Waals surface area contributed by atoms with Crippen LogP contribution in [-0.4, -0.2) is 36.7 Å². The molecule has 9 nitrogen and oxygen atoms in total. The summed E-state index contributed by atoms with van der Waals surface area (Å²) in [4.78, 5) is 34.2. The fourth-order valence-corrected chi connectivity index (χ4v) is 4.19. The molecule has 0 bridgehead atoms. The first-order chi connectivity index (χ1) is 14.9. The van der Waals surface area contributed by atoms with Crippen LogP contribution in [0.1, 0.15) is 6.42 Å². The van der Waals surface area contributed by atoms with Crippen LogP contribution in [0.5, 0.6) is 0 Å². The van der Waals surface area contributed by atoms with Gasteiger partial charge >= 0.3 is 0 Å². The van der Waals surface area contributed by atoms with Crippen molar-refractivity contribution in [3.05, 3.63) is 73.1 Å². The second-order valence-electron chi connectivity index (χ2n) is 6.93. The van der Waals surface area contributed by atoms with E-state index < -0.39 is 15.9 Å². The van der Waals surface area contributed by atoms with Crippen LogP contribution in [0.25, 0.3) is 0 Å². The fourth-order valence-electron chi connectivity index (χ4n) is 3.23. The summed E-state index contributed by atoms with van der Waals surface area (Å²) in [5.74, 6) is -0.929. The summed E-state index contributed by atoms with van der Waals surface area (Å²) < 4.78 is 27.1. The number of para-hydroxylation sites is 1. The molecule has 4 rings (SSSR count). The summed E-state index contributed by atoms with van der Waals surface area (Å²) in [5, 5.41) is 2.75. The number of rotatable bonds is 6. The van der Waals surface area contributed by atoms with Gasteiger partial charge in [-0.15, -0.1) is 0 Å². The van der Waals surface area contributed by atoms with Gasteiger partial charge in [-0.2, -0.15) is 0 Å². The van der Waals surface area contributed by atoms with E-state index in [4.69, 9.17) is 0 Å². The van der Waals surface area contributed by atoms with Crippen molar-refractivity contribution in [2.24, 2.45) is 5.92 Å². The van der Waals surface area contributed by atoms with Crippen LogP contribution >= 0.6 is 0 Å². The molecule has 2 aromatic carbocycles. The molecule has 2 heterocycles. The average Bonchev–Trinajstić information content (AvgIpc) is 3.17. The van der Waals surface area contributed by atoms with Gasteiger partial charge in [-0.05, 0) is 42.5 Å². The molecule has 0 aliphatic carbocycles. The summed E-state index contributed by atoms with van der Waals surface area (Å²) in [5.41, 5.74) is 1.19. The third-order valence-corrected chi connectivity index (χ3v) is 6.13. The monoisotopic (exact) mass is 437 g/mol. The van der Waals surface area contributed by atoms with E-state index in [0.29, 0.717) is 12.2 Å². The minimum Gasteiger partial charge on any atom is -0.326 e. The number of hydrogen-bond acceptors (Lipinski definition) is 6. The Labute approximate surface area is 179 Å². The molecule has 1 aromatic heterocycles. The molecule has 2 amide bonds. The first kappa shape index (κ1) is 20.5. The third kappa shape index (κ3) is 4.69. The first-order valence-electron chi connectivity index (χ1n) is 9.48. The van der Waals surface area contributed by atoms with Crippen molar-refractivity contribution in [3.8, 4) is 0 Å². The van der Waals surface area contributed by atoms with Crippen LogP contribution in [0.3, 0.4) is 0 Å². The maximum Gasteiger partial charge on any atom is 0.264 e. The van der Waals surface area contributed by atoms with E-state index in [0.717, 1.165) is 5.69 Å². The Hall–Kier alpha value is -3.79. The Morgan fingerprint density at radius 1 is 0.968 bits per heavy atom. The zero-order valence-electron chi connectivity index (χ0n) is 16.3. The molecule has 0 spiro atoms. The zero-order chi connectivity index (χ0) is 21.8. The van der Waals surface area contributed by atoms with Gasteiger partial charge in [0.05, 0.1) is 10.8 Å². The Bertz CT molecular complexity index is 1190. The van der Waals surface area contributed by atoms with Crippen LogP contribution < -0.4 is 14.9 Å². The normalized spacial score (nSPS) is 16.2. The van der Waals surface area contributed by atoms with Gasteiger partial charge < -0.3 is 10.2 Å². The van der Waals surface area contributed by atoms with Crippen LogP contribution in [-0.2, 0) is 19.6 Å². The van der Waals surface area contributed by atoms with Crippen LogP contribution in [0.15, 0.2) is 78.0 Å². The molecule has 3 aromatic rings. The van der Waals surface area contributed by atoms with Crippen molar-refractivity contribution in [3.63, 3.8) is 0 Å². The highest BCUT2D eigenvalue weighted by Crippen LogP contribution is 2.26. The molecule has 10 heteroatoms. The molecule has 1 saturated heterocycles. The van der Waals surface area contributed by atoms with Crippen molar-refractivity contribution in [1.82, 2.24) is 9.97 Å². The number of nitrogens with one attached hydrogen (secondary N) is 2. The van der Waals surface area contributed by atoms with Crippen molar-refractivity contribution >= 4 is 39.2 Å². The predicted octanol–water partition coefficient (Wildman–Crippen LogP) is 2.27. The lowest BCUT2D eigenvalue weighted by molar-refractivity contribution is -0.122. The van der Waals surface area contributed by atoms with Gasteiger partial charge in [0.2, 0.25) is 17.8 Å². The molecule has 1 aliphatic heterocycles. The van der Waals surface area contributed by atoms with Crippen LogP contribution in [0.2, 0.25) is 0 Å². The van der Waals surface area contributed by atoms with Gasteiger partial charge in [0.15, 0.2) is 0 Å². The zero-order valence-corrected chi connectivity index (χ0v) is 17.1. The number of hydrogen-bond donors (Lipinski definition) is 2. The number of aromatic nitrogens is 2. The fraction of sp³-hybridized carbons (Fsp3) is 0.143. The first-order valence-corrected chi connectivity index (χ1v) is 11.0. The molecule has 1 fully saturated rings. The standard InChI is InChI=1S/C21H19N5O4S/c27-19-13-15(14-26(19)17-5-2-1-3-6-17)20(28)24-16-7-9-18(10-8-16)31(29,30)25-21-22-11-4-12-23-21/h1-12,15H,13-14H2,(H,24,28)(H,22,23,25)/t15-/m1/s1. The number of carbonyl (C=O) groups excluding carboxylic acids is 2. The van der Waals surface area contributed by atoms with E-state index in [1.165, 1.54) is 36.7 Å². The number of sulfonamides is 1. The smallest absolute Gasteiger partial charge is 0.264 e. The highest BCUT2D eigenvalue weighted by molar-refractivity contribution is 7.92. The summed E-state index contributed by atoms with van der Waals surface area (Å²) in [7, 11) is -3.86. The summed E-state index contributed by atoms with van der Waals surface area (Å²) >= 11 is 0. The molecular weight excluding hydrogens is 418 g/mol. The molecule has 0 saturated carbocycles. The third-order valence-electron chi connectivity index (χ3n) is 4.79. The lowest BCUT2D eigenvalue weighted by atomic mass is 10.1. The second kappa shape index (κ2) is 8.52. The van der Waals surface area contributed by atoms with Crippen molar-refractivity contribution < 1.29 is 18.0 Å². The number of anilines is 3. The van der Waals surface area contributed by atoms with Crippen LogP contribution in [0, 0.1) is 5.92 Å². The number of carbonyl (C=O) groups is 2. The highest BCUT2D eigenvalue weighted by atomic mass is 32.2. The molecule has 31 heavy (non-hydrogen) atoms. The van der Waals surface area contributed by atoms with Gasteiger partial charge in [0.25, 0.3) is 10.0 Å². The van der Waals surface area contributed by atoms with Crippen LogP contribution in [0.4, 0.5) is 17.3 Å². The van der Waals surface area contributed by atoms with E-state index in [1.54, 1.807) is 11.0 Å². The van der Waals surface area contributed by atoms with Gasteiger partial charge in [0.1, 0.15) is 0 Å². The maximum absolute atomic E-state index is 12.6. The largest absolute Gasteiger partial charge is 0.326 e. The van der Waals surface area contributed by atoms with Gasteiger partial charge in [0, 0.05) is 36.7 Å². The molecule has 158 valence electrons. The van der Waals surface area contributed by atoms with Gasteiger partial charge in [-0.1, -0.05) is 18.2 Å². The minimum atomic E-state index is -3.86. The number of benzene rings is 2. The Morgan fingerprint density at radius 2 is 1.65 bits per heavy atom. The Morgan fingerprint density at radius 3 is 2.32 bits per heavy atom. The maximum atomic E-state index is 12.6. The molecule has 0 radical (unpaired) electrons. The van der Waals surface area contributed by atoms with E-state index >= 15 is 0 Å². The lowest BCUT2D eigenvalue weighted by Crippen LogP contribution is -2.28. The second-order valence-corrected chi connectivity index (χ2v) is 8.61. The van der Waals surface area contributed by atoms with Crippen molar-refractivity contribution in [1.29, 1.82) is 0 Å². The average molecular weight is 437 g/mol. The summed E-state index contributed by atoms with van der Waals surface area (Å²) in [6.45, 7) is 0.294. The predicted molar refractivity (Wildman–Crippen MR) is 115 cm³/mol. The Kier molecular flexibility index (Phi) is 5.63. The van der Waals surface area contributed by atoms with E-state index in [1.807, 2.05) is 30.3 Å². The highest BCUT2D eigenvalue weighted by Gasteiger charge is 2.35. The topological polar surface area (TPSA) is 121 Å². The molecular formula is C21H19N5O4S. The molecule has 1 atom stereocenters. The summed E-state index contributed by atoms with van der Waals surface area (Å²) in [6, 6.07) is 16.5. The molecule has 2 N–H and O–H groups in total. The Balaban J connectivity index is 1.40. The van der Waals surface area contributed by atoms with E-state index in [2.05, 4.69) is 20.0 Å². The number of nitrogens with zero attached hydrogens (tertiary/aromatic N) is 3. The van der Waals surface area contributed by atoms with Crippen molar-refractivity contribution in [2.75, 3.05) is 21.5 Å². The molecule has 0 unspecified atom stereocenters. The quantitative estimate of drug-likeness (QED) is 0.610. The van der Waals surface area contributed by atoms with E-state index in [-0.39, 0.29) is 29.1 Å². The minimum absolute atomic E-state index is 0.00393. The van der Waals surface area contributed by atoms with E-state index in [9.17, 15) is 18.0 Å². The summed E-state index contributed by atoms with van der Waals surface area (Å²) in [6.07, 6.45) is 2.97. The molecule has 1 aliphatic rings.